The molecule has 0 unspecified atom stereocenters. The Labute approximate surface area is 157 Å². The molecule has 1 amide bonds. The van der Waals surface area contributed by atoms with Crippen LogP contribution in [0.1, 0.15) is 52.2 Å². The van der Waals surface area contributed by atoms with E-state index in [1.54, 1.807) is 0 Å². The summed E-state index contributed by atoms with van der Waals surface area (Å²) in [5, 5.41) is 0. The third kappa shape index (κ3) is 4.57. The first-order chi connectivity index (χ1) is 12.3. The van der Waals surface area contributed by atoms with Crippen LogP contribution in [-0.4, -0.2) is 59.8 Å². The Kier molecular flexibility index (Phi) is 5.58. The molecule has 2 aliphatic rings. The highest BCUT2D eigenvalue weighted by molar-refractivity contribution is 5.68. The summed E-state index contributed by atoms with van der Waals surface area (Å²) in [5.41, 5.74) is 0.609. The van der Waals surface area contributed by atoms with E-state index in [0.29, 0.717) is 13.1 Å². The zero-order chi connectivity index (χ0) is 18.8. The number of carbonyl (C=O) groups excluding carboxylic acids is 1. The molecule has 26 heavy (non-hydrogen) atoms. The van der Waals surface area contributed by atoms with Gasteiger partial charge in [0.1, 0.15) is 5.60 Å². The summed E-state index contributed by atoms with van der Waals surface area (Å²) in [7, 11) is 0. The minimum atomic E-state index is -0.453. The predicted octanol–water partition coefficient (Wildman–Crippen LogP) is 3.85. The van der Waals surface area contributed by atoms with Crippen molar-refractivity contribution in [2.45, 2.75) is 57.8 Å². The van der Waals surface area contributed by atoms with E-state index in [9.17, 15) is 4.79 Å². The van der Waals surface area contributed by atoms with Gasteiger partial charge in [0, 0.05) is 26.2 Å². The van der Waals surface area contributed by atoms with Gasteiger partial charge >= 0.3 is 6.09 Å². The van der Waals surface area contributed by atoms with Gasteiger partial charge in [-0.3, -0.25) is 4.90 Å². The van der Waals surface area contributed by atoms with Gasteiger partial charge in [-0.25, -0.2) is 4.79 Å². The number of ether oxygens (including phenoxy) is 2. The number of benzene rings is 1. The zero-order valence-electron chi connectivity index (χ0n) is 16.5. The highest BCUT2D eigenvalue weighted by Crippen LogP contribution is 2.37. The van der Waals surface area contributed by atoms with Crippen molar-refractivity contribution in [3.63, 3.8) is 0 Å². The molecule has 5 heteroatoms. The Balaban J connectivity index is 1.67. The first-order valence-corrected chi connectivity index (χ1v) is 9.73. The molecule has 0 bridgehead atoms. The number of carbonyl (C=O) groups is 1. The molecule has 1 aromatic carbocycles. The van der Waals surface area contributed by atoms with Crippen LogP contribution < -0.4 is 0 Å². The van der Waals surface area contributed by atoms with E-state index >= 15 is 0 Å². The molecule has 1 atom stereocenters. The van der Waals surface area contributed by atoms with Gasteiger partial charge in [-0.2, -0.15) is 0 Å². The van der Waals surface area contributed by atoms with Gasteiger partial charge in [-0.15, -0.1) is 0 Å². The Morgan fingerprint density at radius 1 is 1.23 bits per heavy atom. The fourth-order valence-corrected chi connectivity index (χ4v) is 3.86. The monoisotopic (exact) mass is 360 g/mol. The van der Waals surface area contributed by atoms with Crippen molar-refractivity contribution in [2.24, 2.45) is 0 Å². The second kappa shape index (κ2) is 7.57. The molecule has 0 aliphatic carbocycles. The molecule has 144 valence electrons. The van der Waals surface area contributed by atoms with Crippen molar-refractivity contribution in [2.75, 3.05) is 32.7 Å². The molecular formula is C21H32N2O3. The lowest BCUT2D eigenvalue weighted by Crippen LogP contribution is -2.58. The number of hydrogen-bond acceptors (Lipinski definition) is 4. The minimum absolute atomic E-state index is 0.0953. The Morgan fingerprint density at radius 3 is 2.46 bits per heavy atom. The van der Waals surface area contributed by atoms with Crippen molar-refractivity contribution < 1.29 is 14.3 Å². The number of hydrogen-bond donors (Lipinski definition) is 0. The van der Waals surface area contributed by atoms with Crippen LogP contribution in [0.4, 0.5) is 4.79 Å². The van der Waals surface area contributed by atoms with Gasteiger partial charge in [-0.05, 0) is 45.7 Å². The Bertz CT molecular complexity index is 603. The molecule has 2 aliphatic heterocycles. The quantitative estimate of drug-likeness (QED) is 0.803. The van der Waals surface area contributed by atoms with Crippen LogP contribution in [0.2, 0.25) is 0 Å². The van der Waals surface area contributed by atoms with Crippen molar-refractivity contribution >= 4 is 6.09 Å². The molecule has 3 rings (SSSR count). The van der Waals surface area contributed by atoms with E-state index in [0.717, 1.165) is 32.5 Å². The second-order valence-corrected chi connectivity index (χ2v) is 8.50. The smallest absolute Gasteiger partial charge is 0.410 e. The number of likely N-dealkylation sites (N-methyl/N-ethyl adjacent to an activating group) is 1. The van der Waals surface area contributed by atoms with Crippen molar-refractivity contribution in [1.82, 2.24) is 9.80 Å². The van der Waals surface area contributed by atoms with E-state index in [1.165, 1.54) is 5.56 Å². The topological polar surface area (TPSA) is 42.0 Å². The maximum absolute atomic E-state index is 12.3. The fourth-order valence-electron chi connectivity index (χ4n) is 3.86. The van der Waals surface area contributed by atoms with E-state index in [-0.39, 0.29) is 17.8 Å². The number of nitrogens with zero attached hydrogens (tertiary/aromatic N) is 2. The molecule has 2 fully saturated rings. The van der Waals surface area contributed by atoms with Crippen LogP contribution >= 0.6 is 0 Å². The lowest BCUT2D eigenvalue weighted by molar-refractivity contribution is -0.176. The SMILES string of the molecule is CCN1C[C@@H](c2ccccc2)OC2(CCN(C(=O)OC(C)(C)C)CC2)C1. The third-order valence-corrected chi connectivity index (χ3v) is 5.27. The summed E-state index contributed by atoms with van der Waals surface area (Å²) >= 11 is 0. The van der Waals surface area contributed by atoms with E-state index < -0.39 is 5.60 Å². The van der Waals surface area contributed by atoms with E-state index in [1.807, 2.05) is 31.7 Å². The molecule has 1 aromatic rings. The van der Waals surface area contributed by atoms with Gasteiger partial charge in [-0.1, -0.05) is 37.3 Å². The minimum Gasteiger partial charge on any atom is -0.444 e. The highest BCUT2D eigenvalue weighted by Gasteiger charge is 2.44. The van der Waals surface area contributed by atoms with Crippen LogP contribution in [0.15, 0.2) is 30.3 Å². The number of rotatable bonds is 2. The van der Waals surface area contributed by atoms with Gasteiger partial charge in [0.15, 0.2) is 0 Å². The zero-order valence-corrected chi connectivity index (χ0v) is 16.5. The molecule has 0 saturated carbocycles. The molecule has 2 saturated heterocycles. The van der Waals surface area contributed by atoms with Crippen LogP contribution in [-0.2, 0) is 9.47 Å². The fraction of sp³-hybridized carbons (Fsp3) is 0.667. The van der Waals surface area contributed by atoms with Crippen molar-refractivity contribution in [3.8, 4) is 0 Å². The number of piperidine rings is 1. The lowest BCUT2D eigenvalue weighted by atomic mass is 9.88. The summed E-state index contributed by atoms with van der Waals surface area (Å²) in [4.78, 5) is 16.6. The summed E-state index contributed by atoms with van der Waals surface area (Å²) in [6.45, 7) is 12.2. The molecule has 5 nitrogen and oxygen atoms in total. The molecule has 1 spiro atoms. The van der Waals surface area contributed by atoms with Gasteiger partial charge < -0.3 is 14.4 Å². The highest BCUT2D eigenvalue weighted by atomic mass is 16.6. The average Bonchev–Trinajstić information content (AvgIpc) is 2.61. The van der Waals surface area contributed by atoms with Crippen molar-refractivity contribution in [3.05, 3.63) is 35.9 Å². The van der Waals surface area contributed by atoms with Crippen molar-refractivity contribution in [1.29, 1.82) is 0 Å². The summed E-state index contributed by atoms with van der Waals surface area (Å²) in [6, 6.07) is 10.5. The predicted molar refractivity (Wildman–Crippen MR) is 102 cm³/mol. The van der Waals surface area contributed by atoms with Gasteiger partial charge in [0.05, 0.1) is 11.7 Å². The molecular weight excluding hydrogens is 328 g/mol. The summed E-state index contributed by atoms with van der Waals surface area (Å²) in [5.74, 6) is 0. The Morgan fingerprint density at radius 2 is 1.88 bits per heavy atom. The average molecular weight is 360 g/mol. The van der Waals surface area contributed by atoms with Crippen LogP contribution in [0.5, 0.6) is 0 Å². The van der Waals surface area contributed by atoms with E-state index in [2.05, 4.69) is 36.1 Å². The normalized spacial score (nSPS) is 23.8. The second-order valence-electron chi connectivity index (χ2n) is 8.50. The van der Waals surface area contributed by atoms with Crippen LogP contribution in [0.3, 0.4) is 0 Å². The van der Waals surface area contributed by atoms with Gasteiger partial charge in [0.25, 0.3) is 0 Å². The maximum Gasteiger partial charge on any atom is 0.410 e. The molecule has 0 radical (unpaired) electrons. The maximum atomic E-state index is 12.3. The first-order valence-electron chi connectivity index (χ1n) is 9.73. The van der Waals surface area contributed by atoms with Gasteiger partial charge in [0.2, 0.25) is 0 Å². The number of amides is 1. The number of likely N-dealkylation sites (tertiary alicyclic amines) is 1. The van der Waals surface area contributed by atoms with E-state index in [4.69, 9.17) is 9.47 Å². The Hall–Kier alpha value is -1.59. The summed E-state index contributed by atoms with van der Waals surface area (Å²) < 4.78 is 12.2. The van der Waals surface area contributed by atoms with Crippen LogP contribution in [0.25, 0.3) is 0 Å². The largest absolute Gasteiger partial charge is 0.444 e. The molecule has 2 heterocycles. The molecule has 0 aromatic heterocycles. The third-order valence-electron chi connectivity index (χ3n) is 5.27. The summed E-state index contributed by atoms with van der Waals surface area (Å²) in [6.07, 6.45) is 1.59. The molecule has 0 N–H and O–H groups in total. The first kappa shape index (κ1) is 19.2. The lowest BCUT2D eigenvalue weighted by Gasteiger charge is -2.50. The standard InChI is InChI=1S/C21H32N2O3/c1-5-22-15-18(17-9-7-6-8-10-17)25-21(16-22)11-13-23(14-12-21)19(24)26-20(2,3)4/h6-10,18H,5,11-16H2,1-4H3/t18-/m0/s1. The van der Waals surface area contributed by atoms with Crippen LogP contribution in [0, 0.1) is 0 Å². The number of morpholine rings is 1.